The fourth-order valence-electron chi connectivity index (χ4n) is 3.18. The van der Waals surface area contributed by atoms with Crippen LogP contribution in [0.4, 0.5) is 0 Å². The molecule has 0 saturated heterocycles. The predicted molar refractivity (Wildman–Crippen MR) is 104 cm³/mol. The number of hydrogen-bond acceptors (Lipinski definition) is 2. The zero-order valence-electron chi connectivity index (χ0n) is 13.7. The molecule has 0 atom stereocenters. The van der Waals surface area contributed by atoms with Gasteiger partial charge >= 0.3 is 0 Å². The van der Waals surface area contributed by atoms with E-state index in [1.54, 1.807) is 41.1 Å². The molecule has 1 aromatic heterocycles. The summed E-state index contributed by atoms with van der Waals surface area (Å²) in [5.41, 5.74) is 2.15. The number of aldehydes is 1. The van der Waals surface area contributed by atoms with Crippen LogP contribution < -0.4 is 0 Å². The highest BCUT2D eigenvalue weighted by atomic mass is 35.5. The second kappa shape index (κ2) is 6.62. The van der Waals surface area contributed by atoms with Crippen molar-refractivity contribution < 1.29 is 9.59 Å². The third-order valence-electron chi connectivity index (χ3n) is 4.40. The van der Waals surface area contributed by atoms with Crippen molar-refractivity contribution in [3.05, 3.63) is 101 Å². The first-order valence-electron chi connectivity index (χ1n) is 8.14. The number of carbonyl (C=O) groups is 2. The minimum absolute atomic E-state index is 0.134. The molecule has 0 N–H and O–H groups in total. The number of hydrogen-bond donors (Lipinski definition) is 0. The van der Waals surface area contributed by atoms with Crippen molar-refractivity contribution >= 4 is 34.4 Å². The summed E-state index contributed by atoms with van der Waals surface area (Å²) in [6.07, 6.45) is 2.52. The molecular weight excluding hydrogens is 346 g/mol. The highest BCUT2D eigenvalue weighted by Crippen LogP contribution is 2.27. The van der Waals surface area contributed by atoms with Crippen LogP contribution in [0.5, 0.6) is 0 Å². The molecule has 0 saturated carbocycles. The summed E-state index contributed by atoms with van der Waals surface area (Å²) in [7, 11) is 0. The van der Waals surface area contributed by atoms with Crippen molar-refractivity contribution in [2.45, 2.75) is 0 Å². The fraction of sp³-hybridized carbons (Fsp3) is 0. The van der Waals surface area contributed by atoms with Crippen LogP contribution in [-0.2, 0) is 0 Å². The summed E-state index contributed by atoms with van der Waals surface area (Å²) in [5.74, 6) is -0.134. The average Bonchev–Trinajstić information content (AvgIpc) is 3.15. The van der Waals surface area contributed by atoms with Crippen LogP contribution in [0.1, 0.15) is 26.4 Å². The van der Waals surface area contributed by atoms with E-state index < -0.39 is 0 Å². The summed E-state index contributed by atoms with van der Waals surface area (Å²) in [6, 6.07) is 22.0. The summed E-state index contributed by atoms with van der Waals surface area (Å²) < 4.78 is 1.70. The summed E-state index contributed by atoms with van der Waals surface area (Å²) in [6.45, 7) is 0. The minimum Gasteiger partial charge on any atom is -0.313 e. The van der Waals surface area contributed by atoms with Crippen molar-refractivity contribution in [1.82, 2.24) is 4.57 Å². The monoisotopic (exact) mass is 359 g/mol. The Kier molecular flexibility index (Phi) is 4.15. The number of carbonyl (C=O) groups excluding carboxylic acids is 2. The Hall–Kier alpha value is -3.17. The van der Waals surface area contributed by atoms with Crippen LogP contribution in [0.2, 0.25) is 5.02 Å². The molecule has 3 aromatic carbocycles. The first-order valence-corrected chi connectivity index (χ1v) is 8.52. The van der Waals surface area contributed by atoms with Gasteiger partial charge in [0.1, 0.15) is 0 Å². The summed E-state index contributed by atoms with van der Waals surface area (Å²) >= 11 is 6.17. The molecular formula is C22H14ClNO2. The molecule has 0 fully saturated rings. The second-order valence-electron chi connectivity index (χ2n) is 5.94. The molecule has 26 heavy (non-hydrogen) atoms. The molecule has 0 spiro atoms. The number of fused-ring (bicyclic) bond motifs is 1. The Labute approximate surface area is 155 Å². The molecule has 0 aliphatic rings. The van der Waals surface area contributed by atoms with Crippen LogP contribution in [0, 0.1) is 0 Å². The van der Waals surface area contributed by atoms with Gasteiger partial charge in [-0.25, -0.2) is 0 Å². The second-order valence-corrected chi connectivity index (χ2v) is 6.37. The van der Waals surface area contributed by atoms with Crippen LogP contribution in [0.3, 0.4) is 0 Å². The van der Waals surface area contributed by atoms with Gasteiger partial charge < -0.3 is 4.57 Å². The van der Waals surface area contributed by atoms with Crippen molar-refractivity contribution in [3.8, 4) is 5.69 Å². The number of ketones is 1. The van der Waals surface area contributed by atoms with Crippen LogP contribution in [-0.4, -0.2) is 16.6 Å². The highest BCUT2D eigenvalue weighted by Gasteiger charge is 2.18. The number of nitrogens with zero attached hydrogens (tertiary/aromatic N) is 1. The lowest BCUT2D eigenvalue weighted by Crippen LogP contribution is -2.09. The van der Waals surface area contributed by atoms with Gasteiger partial charge in [-0.3, -0.25) is 9.59 Å². The number of benzene rings is 3. The predicted octanol–water partition coefficient (Wildman–Crippen LogP) is 5.33. The number of halogens is 1. The Balaban J connectivity index is 1.94. The van der Waals surface area contributed by atoms with E-state index in [9.17, 15) is 9.59 Å². The Morgan fingerprint density at radius 3 is 2.54 bits per heavy atom. The standard InChI is InChI=1S/C22H14ClNO2/c23-16-10-11-21(24-12-4-7-17(24)14-25)20(13-16)22(26)19-9-3-6-15-5-1-2-8-18(15)19/h1-14H. The van der Waals surface area contributed by atoms with E-state index in [4.69, 9.17) is 11.6 Å². The minimum atomic E-state index is -0.134. The zero-order chi connectivity index (χ0) is 18.1. The van der Waals surface area contributed by atoms with Gasteiger partial charge in [-0.15, -0.1) is 0 Å². The van der Waals surface area contributed by atoms with Crippen molar-refractivity contribution in [3.63, 3.8) is 0 Å². The van der Waals surface area contributed by atoms with Crippen molar-refractivity contribution in [1.29, 1.82) is 0 Å². The lowest BCUT2D eigenvalue weighted by Gasteiger charge is -2.13. The summed E-state index contributed by atoms with van der Waals surface area (Å²) in [5, 5.41) is 2.35. The molecule has 0 aliphatic carbocycles. The SMILES string of the molecule is O=Cc1cccn1-c1ccc(Cl)cc1C(=O)c1cccc2ccccc12. The first-order chi connectivity index (χ1) is 12.7. The van der Waals surface area contributed by atoms with Gasteiger partial charge in [0, 0.05) is 22.3 Å². The quantitative estimate of drug-likeness (QED) is 0.365. The number of rotatable bonds is 4. The largest absolute Gasteiger partial charge is 0.313 e. The maximum atomic E-state index is 13.4. The van der Waals surface area contributed by atoms with Crippen molar-refractivity contribution in [2.75, 3.05) is 0 Å². The van der Waals surface area contributed by atoms with E-state index in [1.807, 2.05) is 42.5 Å². The lowest BCUT2D eigenvalue weighted by molar-refractivity contribution is 0.103. The maximum absolute atomic E-state index is 13.4. The molecule has 3 nitrogen and oxygen atoms in total. The molecule has 1 heterocycles. The van der Waals surface area contributed by atoms with Gasteiger partial charge in [-0.05, 0) is 41.1 Å². The Morgan fingerprint density at radius 2 is 1.69 bits per heavy atom. The van der Waals surface area contributed by atoms with Crippen LogP contribution in [0.15, 0.2) is 79.0 Å². The third-order valence-corrected chi connectivity index (χ3v) is 4.63. The topological polar surface area (TPSA) is 39.1 Å². The average molecular weight is 360 g/mol. The molecule has 4 aromatic rings. The van der Waals surface area contributed by atoms with E-state index in [0.29, 0.717) is 27.5 Å². The van der Waals surface area contributed by atoms with Gasteiger partial charge in [0.15, 0.2) is 12.1 Å². The van der Waals surface area contributed by atoms with E-state index in [1.165, 1.54) is 0 Å². The Morgan fingerprint density at radius 1 is 0.885 bits per heavy atom. The number of aromatic nitrogens is 1. The zero-order valence-corrected chi connectivity index (χ0v) is 14.5. The van der Waals surface area contributed by atoms with Gasteiger partial charge in [0.2, 0.25) is 0 Å². The molecule has 0 amide bonds. The highest BCUT2D eigenvalue weighted by molar-refractivity contribution is 6.31. The van der Waals surface area contributed by atoms with Gasteiger partial charge in [0.25, 0.3) is 0 Å². The summed E-state index contributed by atoms with van der Waals surface area (Å²) in [4.78, 5) is 24.7. The molecule has 0 aliphatic heterocycles. The molecule has 126 valence electrons. The lowest BCUT2D eigenvalue weighted by atomic mass is 9.96. The third kappa shape index (κ3) is 2.72. The van der Waals surface area contributed by atoms with E-state index in [2.05, 4.69) is 0 Å². The van der Waals surface area contributed by atoms with E-state index in [0.717, 1.165) is 17.1 Å². The van der Waals surface area contributed by atoms with Gasteiger partial charge in [0.05, 0.1) is 11.4 Å². The molecule has 0 unspecified atom stereocenters. The first kappa shape index (κ1) is 16.3. The Bertz CT molecular complexity index is 1140. The molecule has 4 heteroatoms. The maximum Gasteiger partial charge on any atom is 0.195 e. The van der Waals surface area contributed by atoms with Crippen LogP contribution in [0.25, 0.3) is 16.5 Å². The van der Waals surface area contributed by atoms with E-state index >= 15 is 0 Å². The van der Waals surface area contributed by atoms with Gasteiger partial charge in [-0.1, -0.05) is 54.1 Å². The van der Waals surface area contributed by atoms with Gasteiger partial charge in [-0.2, -0.15) is 0 Å². The smallest absolute Gasteiger partial charge is 0.195 e. The molecule has 0 bridgehead atoms. The normalized spacial score (nSPS) is 10.8. The van der Waals surface area contributed by atoms with Crippen molar-refractivity contribution in [2.24, 2.45) is 0 Å². The van der Waals surface area contributed by atoms with E-state index in [-0.39, 0.29) is 5.78 Å². The fourth-order valence-corrected chi connectivity index (χ4v) is 3.35. The molecule has 4 rings (SSSR count). The molecule has 0 radical (unpaired) electrons. The van der Waals surface area contributed by atoms with Crippen LogP contribution >= 0.6 is 11.6 Å².